The maximum atomic E-state index is 8.72. The summed E-state index contributed by atoms with van der Waals surface area (Å²) in [5, 5.41) is 8.72. The van der Waals surface area contributed by atoms with Gasteiger partial charge < -0.3 is 0 Å². The zero-order valence-corrected chi connectivity index (χ0v) is 8.57. The first-order valence-electron chi connectivity index (χ1n) is 4.76. The molecule has 0 spiro atoms. The van der Waals surface area contributed by atoms with Gasteiger partial charge in [0.1, 0.15) is 0 Å². The molecule has 0 saturated carbocycles. The molecule has 0 aromatic heterocycles. The van der Waals surface area contributed by atoms with Gasteiger partial charge in [-0.05, 0) is 31.0 Å². The molecule has 0 radical (unpaired) electrons. The lowest BCUT2D eigenvalue weighted by Gasteiger charge is -1.97. The van der Waals surface area contributed by atoms with E-state index in [-0.39, 0.29) is 5.92 Å². The molecule has 0 fully saturated rings. The van der Waals surface area contributed by atoms with E-state index in [2.05, 4.69) is 11.1 Å². The summed E-state index contributed by atoms with van der Waals surface area (Å²) in [4.78, 5) is 4.26. The SMILES string of the molecule is CCC(C#N)/C=N/c1cccc(C)c1. The van der Waals surface area contributed by atoms with Crippen LogP contribution in [0.25, 0.3) is 0 Å². The molecule has 2 nitrogen and oxygen atoms in total. The van der Waals surface area contributed by atoms with Crippen LogP contribution in [-0.4, -0.2) is 6.21 Å². The molecule has 0 N–H and O–H groups in total. The Morgan fingerprint density at radius 1 is 1.57 bits per heavy atom. The molecule has 14 heavy (non-hydrogen) atoms. The molecule has 0 saturated heterocycles. The summed E-state index contributed by atoms with van der Waals surface area (Å²) in [7, 11) is 0. The zero-order valence-electron chi connectivity index (χ0n) is 8.57. The molecule has 0 bridgehead atoms. The van der Waals surface area contributed by atoms with Gasteiger partial charge in [0, 0.05) is 6.21 Å². The zero-order chi connectivity index (χ0) is 10.4. The van der Waals surface area contributed by atoms with E-state index in [1.54, 1.807) is 6.21 Å². The minimum Gasteiger partial charge on any atom is -0.260 e. The van der Waals surface area contributed by atoms with Crippen LogP contribution in [0.3, 0.4) is 0 Å². The van der Waals surface area contributed by atoms with Crippen molar-refractivity contribution in [1.29, 1.82) is 5.26 Å². The van der Waals surface area contributed by atoms with Crippen molar-refractivity contribution in [2.45, 2.75) is 20.3 Å². The van der Waals surface area contributed by atoms with Gasteiger partial charge in [-0.2, -0.15) is 5.26 Å². The third-order valence-corrected chi connectivity index (χ3v) is 2.01. The minimum absolute atomic E-state index is 0.0736. The maximum Gasteiger partial charge on any atom is 0.0813 e. The van der Waals surface area contributed by atoms with Crippen LogP contribution in [0.5, 0.6) is 0 Å². The number of rotatable bonds is 3. The smallest absolute Gasteiger partial charge is 0.0813 e. The van der Waals surface area contributed by atoms with Crippen LogP contribution < -0.4 is 0 Å². The highest BCUT2D eigenvalue weighted by molar-refractivity contribution is 5.68. The summed E-state index contributed by atoms with van der Waals surface area (Å²) in [6, 6.07) is 10.1. The van der Waals surface area contributed by atoms with E-state index in [4.69, 9.17) is 5.26 Å². The molecule has 2 heteroatoms. The van der Waals surface area contributed by atoms with Crippen LogP contribution in [0.15, 0.2) is 29.3 Å². The summed E-state index contributed by atoms with van der Waals surface area (Å²) < 4.78 is 0. The van der Waals surface area contributed by atoms with Crippen molar-refractivity contribution < 1.29 is 0 Å². The Balaban J connectivity index is 2.74. The van der Waals surface area contributed by atoms with Crippen molar-refractivity contribution in [3.8, 4) is 6.07 Å². The van der Waals surface area contributed by atoms with Crippen molar-refractivity contribution in [2.24, 2.45) is 10.9 Å². The predicted molar refractivity (Wildman–Crippen MR) is 58.7 cm³/mol. The average Bonchev–Trinajstić information content (AvgIpc) is 2.19. The van der Waals surface area contributed by atoms with Gasteiger partial charge in [-0.1, -0.05) is 19.1 Å². The molecule has 1 aromatic carbocycles. The van der Waals surface area contributed by atoms with E-state index >= 15 is 0 Å². The third kappa shape index (κ3) is 3.02. The van der Waals surface area contributed by atoms with Crippen LogP contribution in [0.1, 0.15) is 18.9 Å². The summed E-state index contributed by atoms with van der Waals surface area (Å²) >= 11 is 0. The normalized spacial score (nSPS) is 12.6. The molecule has 0 aliphatic rings. The van der Waals surface area contributed by atoms with E-state index in [9.17, 15) is 0 Å². The van der Waals surface area contributed by atoms with Gasteiger partial charge in [-0.15, -0.1) is 0 Å². The highest BCUT2D eigenvalue weighted by Gasteiger charge is 1.98. The Labute approximate surface area is 84.9 Å². The van der Waals surface area contributed by atoms with Gasteiger partial charge >= 0.3 is 0 Å². The Morgan fingerprint density at radius 2 is 2.36 bits per heavy atom. The van der Waals surface area contributed by atoms with Crippen molar-refractivity contribution in [1.82, 2.24) is 0 Å². The van der Waals surface area contributed by atoms with Crippen molar-refractivity contribution in [2.75, 3.05) is 0 Å². The fourth-order valence-electron chi connectivity index (χ4n) is 1.11. The molecule has 1 aromatic rings. The third-order valence-electron chi connectivity index (χ3n) is 2.01. The van der Waals surface area contributed by atoms with Crippen LogP contribution >= 0.6 is 0 Å². The van der Waals surface area contributed by atoms with E-state index < -0.39 is 0 Å². The van der Waals surface area contributed by atoms with Crippen LogP contribution in [0, 0.1) is 24.2 Å². The molecule has 0 aliphatic carbocycles. The quantitative estimate of drug-likeness (QED) is 0.667. The molecule has 1 atom stereocenters. The second-order valence-electron chi connectivity index (χ2n) is 3.26. The van der Waals surface area contributed by atoms with Crippen LogP contribution in [0.4, 0.5) is 5.69 Å². The number of nitriles is 1. The monoisotopic (exact) mass is 186 g/mol. The number of aliphatic imine (C=N–C) groups is 1. The molecule has 0 amide bonds. The van der Waals surface area contributed by atoms with Crippen LogP contribution in [0.2, 0.25) is 0 Å². The molecule has 72 valence electrons. The molecular formula is C12H14N2. The molecule has 0 aliphatic heterocycles. The highest BCUT2D eigenvalue weighted by Crippen LogP contribution is 2.13. The number of nitrogens with zero attached hydrogens (tertiary/aromatic N) is 2. The summed E-state index contributed by atoms with van der Waals surface area (Å²) in [6.07, 6.45) is 2.53. The van der Waals surface area contributed by atoms with E-state index in [0.717, 1.165) is 12.1 Å². The Bertz CT molecular complexity index is 361. The van der Waals surface area contributed by atoms with Gasteiger partial charge in [-0.25, -0.2) is 0 Å². The van der Waals surface area contributed by atoms with E-state index in [0.29, 0.717) is 0 Å². The maximum absolute atomic E-state index is 8.72. The first-order chi connectivity index (χ1) is 6.76. The lowest BCUT2D eigenvalue weighted by molar-refractivity contribution is 0.845. The van der Waals surface area contributed by atoms with Gasteiger partial charge in [0.25, 0.3) is 0 Å². The standard InChI is InChI=1S/C12H14N2/c1-3-11(8-13)9-14-12-6-4-5-10(2)7-12/h4-7,9,11H,3H2,1-2H3/b14-9+. The largest absolute Gasteiger partial charge is 0.260 e. The highest BCUT2D eigenvalue weighted by atomic mass is 14.7. The fourth-order valence-corrected chi connectivity index (χ4v) is 1.11. The van der Waals surface area contributed by atoms with Gasteiger partial charge in [-0.3, -0.25) is 4.99 Å². The minimum atomic E-state index is -0.0736. The molecule has 0 heterocycles. The second kappa shape index (κ2) is 5.18. The number of benzene rings is 1. The summed E-state index contributed by atoms with van der Waals surface area (Å²) in [6.45, 7) is 4.01. The molecular weight excluding hydrogens is 172 g/mol. The predicted octanol–water partition coefficient (Wildman–Crippen LogP) is 3.25. The Morgan fingerprint density at radius 3 is 2.93 bits per heavy atom. The summed E-state index contributed by atoms with van der Waals surface area (Å²) in [5.74, 6) is -0.0736. The average molecular weight is 186 g/mol. The Kier molecular flexibility index (Phi) is 3.87. The first kappa shape index (κ1) is 10.5. The van der Waals surface area contributed by atoms with E-state index in [1.165, 1.54) is 5.56 Å². The number of hydrogen-bond acceptors (Lipinski definition) is 2. The van der Waals surface area contributed by atoms with Crippen molar-refractivity contribution in [3.05, 3.63) is 29.8 Å². The van der Waals surface area contributed by atoms with Crippen molar-refractivity contribution >= 4 is 11.9 Å². The van der Waals surface area contributed by atoms with E-state index in [1.807, 2.05) is 38.1 Å². The molecule has 1 rings (SSSR count). The van der Waals surface area contributed by atoms with Gasteiger partial charge in [0.2, 0.25) is 0 Å². The lowest BCUT2D eigenvalue weighted by atomic mass is 10.1. The lowest BCUT2D eigenvalue weighted by Crippen LogP contribution is -1.94. The first-order valence-corrected chi connectivity index (χ1v) is 4.76. The Hall–Kier alpha value is -1.62. The number of hydrogen-bond donors (Lipinski definition) is 0. The topological polar surface area (TPSA) is 36.1 Å². The summed E-state index contributed by atoms with van der Waals surface area (Å²) in [5.41, 5.74) is 2.10. The number of aryl methyl sites for hydroxylation is 1. The second-order valence-corrected chi connectivity index (χ2v) is 3.26. The van der Waals surface area contributed by atoms with Crippen molar-refractivity contribution in [3.63, 3.8) is 0 Å². The van der Waals surface area contributed by atoms with Gasteiger partial charge in [0.05, 0.1) is 17.7 Å². The van der Waals surface area contributed by atoms with Gasteiger partial charge in [0.15, 0.2) is 0 Å². The van der Waals surface area contributed by atoms with Crippen LogP contribution in [-0.2, 0) is 0 Å². The molecule has 1 unspecified atom stereocenters. The fraction of sp³-hybridized carbons (Fsp3) is 0.333.